The molecule has 0 unspecified atom stereocenters. The molecule has 0 atom stereocenters. The number of carbonyl (C=O) groups is 1. The summed E-state index contributed by atoms with van der Waals surface area (Å²) in [6, 6.07) is 6.63. The lowest BCUT2D eigenvalue weighted by Crippen LogP contribution is -2.33. The second-order valence-electron chi connectivity index (χ2n) is 5.76. The zero-order valence-corrected chi connectivity index (χ0v) is 13.2. The van der Waals surface area contributed by atoms with Crippen LogP contribution in [0.5, 0.6) is 5.75 Å². The fourth-order valence-electron chi connectivity index (χ4n) is 3.01. The second-order valence-corrected chi connectivity index (χ2v) is 6.90. The summed E-state index contributed by atoms with van der Waals surface area (Å²) in [7, 11) is 0. The molecule has 4 nitrogen and oxygen atoms in total. The van der Waals surface area contributed by atoms with Gasteiger partial charge in [-0.3, -0.25) is 4.79 Å². The van der Waals surface area contributed by atoms with Crippen LogP contribution in [-0.4, -0.2) is 30.1 Å². The molecule has 0 bridgehead atoms. The van der Waals surface area contributed by atoms with Crippen molar-refractivity contribution in [2.45, 2.75) is 43.5 Å². The number of thioether (sulfide) groups is 1. The Bertz CT molecular complexity index is 513. The molecular formula is C16H22N2O2S. The first kappa shape index (κ1) is 14.7. The van der Waals surface area contributed by atoms with Crippen LogP contribution in [0.4, 0.5) is 5.69 Å². The fourth-order valence-corrected chi connectivity index (χ4v) is 3.75. The Balaban J connectivity index is 1.54. The predicted octanol–water partition coefficient (Wildman–Crippen LogP) is 2.78. The minimum absolute atomic E-state index is 0.0806. The monoisotopic (exact) mass is 306 g/mol. The Morgan fingerprint density at radius 3 is 2.90 bits per heavy atom. The van der Waals surface area contributed by atoms with E-state index in [0.717, 1.165) is 23.2 Å². The van der Waals surface area contributed by atoms with Crippen molar-refractivity contribution in [3.8, 4) is 5.75 Å². The van der Waals surface area contributed by atoms with Crippen molar-refractivity contribution in [3.63, 3.8) is 0 Å². The van der Waals surface area contributed by atoms with Crippen molar-refractivity contribution in [2.24, 2.45) is 0 Å². The summed E-state index contributed by atoms with van der Waals surface area (Å²) in [6.07, 6.45) is 7.36. The number of ether oxygens (including phenoxy) is 1. The molecule has 0 aromatic heterocycles. The van der Waals surface area contributed by atoms with E-state index in [1.807, 2.05) is 23.9 Å². The Hall–Kier alpha value is -1.20. The smallest absolute Gasteiger partial charge is 0.262 e. The second kappa shape index (κ2) is 6.71. The lowest BCUT2D eigenvalue weighted by molar-refractivity contribution is -0.118. The third kappa shape index (κ3) is 3.71. The van der Waals surface area contributed by atoms with Gasteiger partial charge >= 0.3 is 0 Å². The molecule has 0 saturated heterocycles. The fraction of sp³-hybridized carbons (Fsp3) is 0.562. The van der Waals surface area contributed by atoms with Crippen LogP contribution in [0.1, 0.15) is 31.2 Å². The van der Waals surface area contributed by atoms with Gasteiger partial charge in [-0.1, -0.05) is 6.07 Å². The van der Waals surface area contributed by atoms with E-state index in [9.17, 15) is 4.79 Å². The predicted molar refractivity (Wildman–Crippen MR) is 87.0 cm³/mol. The van der Waals surface area contributed by atoms with Crippen molar-refractivity contribution in [2.75, 3.05) is 18.2 Å². The molecular weight excluding hydrogens is 284 g/mol. The van der Waals surface area contributed by atoms with Gasteiger partial charge in [0.1, 0.15) is 5.75 Å². The maximum Gasteiger partial charge on any atom is 0.262 e. The SMILES string of the molecule is CSC1CCC(NCc2ccc3c(c2)NC(=O)CO3)CC1. The van der Waals surface area contributed by atoms with Crippen LogP contribution in [0, 0.1) is 0 Å². The van der Waals surface area contributed by atoms with Crippen LogP contribution < -0.4 is 15.4 Å². The molecule has 1 aliphatic heterocycles. The number of anilines is 1. The molecule has 1 amide bonds. The number of rotatable bonds is 4. The van der Waals surface area contributed by atoms with Crippen molar-refractivity contribution in [1.29, 1.82) is 0 Å². The Morgan fingerprint density at radius 1 is 1.33 bits per heavy atom. The zero-order valence-electron chi connectivity index (χ0n) is 12.4. The highest BCUT2D eigenvalue weighted by Gasteiger charge is 2.20. The summed E-state index contributed by atoms with van der Waals surface area (Å²) in [5, 5.41) is 7.34. The first-order valence-corrected chi connectivity index (χ1v) is 8.85. The van der Waals surface area contributed by atoms with Gasteiger partial charge in [0.2, 0.25) is 0 Å². The summed E-state index contributed by atoms with van der Waals surface area (Å²) in [5.74, 6) is 0.682. The van der Waals surface area contributed by atoms with Crippen LogP contribution >= 0.6 is 11.8 Å². The van der Waals surface area contributed by atoms with Gasteiger partial charge in [0.15, 0.2) is 6.61 Å². The first-order valence-electron chi connectivity index (χ1n) is 7.56. The van der Waals surface area contributed by atoms with E-state index in [1.54, 1.807) is 0 Å². The minimum atomic E-state index is -0.0806. The highest BCUT2D eigenvalue weighted by molar-refractivity contribution is 7.99. The van der Waals surface area contributed by atoms with Crippen molar-refractivity contribution < 1.29 is 9.53 Å². The molecule has 0 radical (unpaired) electrons. The topological polar surface area (TPSA) is 50.4 Å². The Morgan fingerprint density at radius 2 is 2.14 bits per heavy atom. The van der Waals surface area contributed by atoms with E-state index in [1.165, 1.54) is 31.2 Å². The van der Waals surface area contributed by atoms with Gasteiger partial charge in [-0.25, -0.2) is 0 Å². The van der Waals surface area contributed by atoms with Gasteiger partial charge < -0.3 is 15.4 Å². The van der Waals surface area contributed by atoms with Gasteiger partial charge in [0.05, 0.1) is 5.69 Å². The Kier molecular flexibility index (Phi) is 4.70. The molecule has 2 aliphatic rings. The lowest BCUT2D eigenvalue weighted by atomic mass is 9.95. The number of fused-ring (bicyclic) bond motifs is 1. The minimum Gasteiger partial charge on any atom is -0.482 e. The number of carbonyl (C=O) groups excluding carboxylic acids is 1. The van der Waals surface area contributed by atoms with Crippen LogP contribution in [0.25, 0.3) is 0 Å². The van der Waals surface area contributed by atoms with Crippen LogP contribution in [0.3, 0.4) is 0 Å². The van der Waals surface area contributed by atoms with E-state index in [2.05, 4.69) is 23.0 Å². The molecule has 1 saturated carbocycles. The number of benzene rings is 1. The van der Waals surface area contributed by atoms with E-state index in [4.69, 9.17) is 4.74 Å². The number of nitrogens with one attached hydrogen (secondary N) is 2. The number of hydrogen-bond donors (Lipinski definition) is 2. The van der Waals surface area contributed by atoms with E-state index < -0.39 is 0 Å². The highest BCUT2D eigenvalue weighted by atomic mass is 32.2. The lowest BCUT2D eigenvalue weighted by Gasteiger charge is -2.28. The van der Waals surface area contributed by atoms with Crippen molar-refractivity contribution in [1.82, 2.24) is 5.32 Å². The molecule has 21 heavy (non-hydrogen) atoms. The van der Waals surface area contributed by atoms with Crippen LogP contribution in [-0.2, 0) is 11.3 Å². The summed E-state index contributed by atoms with van der Waals surface area (Å²) in [6.45, 7) is 0.959. The molecule has 2 N–H and O–H groups in total. The van der Waals surface area contributed by atoms with Gasteiger partial charge in [-0.05, 0) is 49.6 Å². The molecule has 1 aromatic rings. The molecule has 1 aliphatic carbocycles. The van der Waals surface area contributed by atoms with E-state index in [0.29, 0.717) is 6.04 Å². The van der Waals surface area contributed by atoms with Gasteiger partial charge in [-0.2, -0.15) is 11.8 Å². The molecule has 114 valence electrons. The highest BCUT2D eigenvalue weighted by Crippen LogP contribution is 2.29. The molecule has 1 heterocycles. The summed E-state index contributed by atoms with van der Waals surface area (Å²) < 4.78 is 5.37. The maximum atomic E-state index is 11.3. The van der Waals surface area contributed by atoms with Gasteiger partial charge in [-0.15, -0.1) is 0 Å². The quantitative estimate of drug-likeness (QED) is 0.898. The summed E-state index contributed by atoms with van der Waals surface area (Å²) >= 11 is 2.00. The average molecular weight is 306 g/mol. The standard InChI is InChI=1S/C16H22N2O2S/c1-21-13-5-3-12(4-6-13)17-9-11-2-7-15-14(8-11)18-16(19)10-20-15/h2,7-8,12-13,17H,3-6,9-10H2,1H3,(H,18,19). The number of hydrogen-bond acceptors (Lipinski definition) is 4. The largest absolute Gasteiger partial charge is 0.482 e. The van der Waals surface area contributed by atoms with Crippen LogP contribution in [0.15, 0.2) is 18.2 Å². The maximum absolute atomic E-state index is 11.3. The first-order chi connectivity index (χ1) is 10.2. The summed E-state index contributed by atoms with van der Waals surface area (Å²) in [5.41, 5.74) is 1.98. The molecule has 1 fully saturated rings. The van der Waals surface area contributed by atoms with Crippen LogP contribution in [0.2, 0.25) is 0 Å². The van der Waals surface area contributed by atoms with E-state index in [-0.39, 0.29) is 12.5 Å². The average Bonchev–Trinajstić information content (AvgIpc) is 2.53. The van der Waals surface area contributed by atoms with E-state index >= 15 is 0 Å². The van der Waals surface area contributed by atoms with Crippen molar-refractivity contribution in [3.05, 3.63) is 23.8 Å². The summed E-state index contributed by atoms with van der Waals surface area (Å²) in [4.78, 5) is 11.3. The van der Waals surface area contributed by atoms with Crippen molar-refractivity contribution >= 4 is 23.4 Å². The molecule has 5 heteroatoms. The third-order valence-corrected chi connectivity index (χ3v) is 5.42. The number of amides is 1. The molecule has 3 rings (SSSR count). The zero-order chi connectivity index (χ0) is 14.7. The normalized spacial score (nSPS) is 24.9. The van der Waals surface area contributed by atoms with Gasteiger partial charge in [0.25, 0.3) is 5.91 Å². The van der Waals surface area contributed by atoms with Gasteiger partial charge in [0, 0.05) is 17.8 Å². The Labute approximate surface area is 130 Å². The third-order valence-electron chi connectivity index (χ3n) is 4.28. The molecule has 0 spiro atoms. The molecule has 1 aromatic carbocycles.